The van der Waals surface area contributed by atoms with E-state index in [9.17, 15) is 65.9 Å². The second-order valence-corrected chi connectivity index (χ2v) is 11.5. The minimum atomic E-state index is -2.52. The van der Waals surface area contributed by atoms with Crippen LogP contribution in [0.15, 0.2) is 48.8 Å². The van der Waals surface area contributed by atoms with E-state index in [0.29, 0.717) is 0 Å². The Morgan fingerprint density at radius 3 is 0.964 bits per heavy atom. The first kappa shape index (κ1) is 39.5. The van der Waals surface area contributed by atoms with Gasteiger partial charge in [-0.1, -0.05) is 0 Å². The molecule has 2 heterocycles. The Morgan fingerprint density at radius 1 is 0.393 bits per heavy atom. The zero-order chi connectivity index (χ0) is 40.7. The van der Waals surface area contributed by atoms with Gasteiger partial charge in [-0.2, -0.15) is 0 Å². The minimum Gasteiger partial charge on any atom is -0.488 e. The van der Waals surface area contributed by atoms with Crippen molar-refractivity contribution in [2.75, 3.05) is 0 Å². The number of aromatic amines is 2. The van der Waals surface area contributed by atoms with Gasteiger partial charge in [0.05, 0.1) is 28.2 Å². The van der Waals surface area contributed by atoms with Gasteiger partial charge >= 0.3 is 0 Å². The van der Waals surface area contributed by atoms with E-state index >= 15 is 0 Å². The highest BCUT2D eigenvalue weighted by Gasteiger charge is 2.32. The lowest BCUT2D eigenvalue weighted by molar-refractivity contribution is 0.250. The van der Waals surface area contributed by atoms with Gasteiger partial charge in [0.25, 0.3) is 0 Å². The summed E-state index contributed by atoms with van der Waals surface area (Å²) in [6.07, 6.45) is 2.77. The molecule has 5 nitrogen and oxygen atoms in total. The van der Waals surface area contributed by atoms with Gasteiger partial charge in [0.1, 0.15) is 37.1 Å². The van der Waals surface area contributed by atoms with Crippen molar-refractivity contribution in [3.8, 4) is 17.2 Å². The van der Waals surface area contributed by atoms with Crippen LogP contribution < -0.4 is 14.2 Å². The summed E-state index contributed by atoms with van der Waals surface area (Å²) in [7, 11) is 0. The zero-order valence-corrected chi connectivity index (χ0v) is 27.2. The van der Waals surface area contributed by atoms with Gasteiger partial charge in [0.15, 0.2) is 69.8 Å². The van der Waals surface area contributed by atoms with Gasteiger partial charge in [0, 0.05) is 35.9 Å². The molecule has 294 valence electrons. The first-order valence-electron chi connectivity index (χ1n) is 15.4. The third-order valence-electron chi connectivity index (χ3n) is 8.26. The fourth-order valence-electron chi connectivity index (χ4n) is 5.50. The predicted molar refractivity (Wildman–Crippen MR) is 161 cm³/mol. The van der Waals surface area contributed by atoms with E-state index in [0.717, 1.165) is 12.1 Å². The second-order valence-electron chi connectivity index (χ2n) is 11.5. The van der Waals surface area contributed by atoms with E-state index in [-0.39, 0.29) is 17.0 Å². The fourth-order valence-corrected chi connectivity index (χ4v) is 5.50. The fraction of sp³-hybridized carbons (Fsp3) is 0.111. The molecule has 0 saturated carbocycles. The van der Waals surface area contributed by atoms with Gasteiger partial charge in [-0.05, 0) is 24.3 Å². The molecule has 20 heteroatoms. The van der Waals surface area contributed by atoms with Crippen molar-refractivity contribution in [3.05, 3.63) is 170 Å². The van der Waals surface area contributed by atoms with E-state index in [2.05, 4.69) is 9.97 Å². The molecule has 0 fully saturated rings. The molecule has 0 atom stereocenters. The van der Waals surface area contributed by atoms with Crippen molar-refractivity contribution >= 4 is 0 Å². The highest BCUT2D eigenvalue weighted by Crippen LogP contribution is 2.46. The van der Waals surface area contributed by atoms with Gasteiger partial charge < -0.3 is 24.2 Å². The van der Waals surface area contributed by atoms with E-state index in [1.807, 2.05) is 0 Å². The van der Waals surface area contributed by atoms with Crippen LogP contribution in [-0.4, -0.2) is 9.97 Å². The quantitative estimate of drug-likeness (QED) is 0.0736. The third-order valence-corrected chi connectivity index (χ3v) is 8.26. The number of nitrogens with one attached hydrogen (secondary N) is 2. The summed E-state index contributed by atoms with van der Waals surface area (Å²) in [6, 6.07) is 7.27. The largest absolute Gasteiger partial charge is 0.488 e. The van der Waals surface area contributed by atoms with Crippen molar-refractivity contribution in [2.24, 2.45) is 0 Å². The van der Waals surface area contributed by atoms with Crippen LogP contribution in [0.3, 0.4) is 0 Å². The van der Waals surface area contributed by atoms with Gasteiger partial charge in [0.2, 0.25) is 17.5 Å². The number of hydrogen-bond acceptors (Lipinski definition) is 3. The number of hydrogen-bond donors (Lipinski definition) is 2. The maximum absolute atomic E-state index is 14.7. The van der Waals surface area contributed by atoms with Crippen LogP contribution >= 0.6 is 0 Å². The lowest BCUT2D eigenvalue weighted by Crippen LogP contribution is -2.15. The van der Waals surface area contributed by atoms with E-state index in [4.69, 9.17) is 14.2 Å². The molecule has 0 amide bonds. The first-order valence-corrected chi connectivity index (χ1v) is 15.4. The summed E-state index contributed by atoms with van der Waals surface area (Å²) in [5.41, 5.74) is -4.63. The summed E-state index contributed by atoms with van der Waals surface area (Å²) in [5.74, 6) is -39.3. The number of ether oxygens (including phenoxy) is 3. The third kappa shape index (κ3) is 6.94. The molecule has 0 aliphatic carbocycles. The number of aromatic nitrogens is 2. The van der Waals surface area contributed by atoms with E-state index in [1.165, 1.54) is 36.7 Å². The maximum Gasteiger partial charge on any atom is 0.200 e. The summed E-state index contributed by atoms with van der Waals surface area (Å²) in [4.78, 5) is 5.65. The molecule has 0 unspecified atom stereocenters. The molecular formula is C36H17F15N2O3. The normalized spacial score (nSPS) is 11.5. The molecule has 2 N–H and O–H groups in total. The van der Waals surface area contributed by atoms with Crippen molar-refractivity contribution < 1.29 is 80.1 Å². The van der Waals surface area contributed by atoms with Crippen molar-refractivity contribution in [1.82, 2.24) is 9.97 Å². The number of H-pyrrole nitrogens is 2. The smallest absolute Gasteiger partial charge is 0.200 e. The predicted octanol–water partition coefficient (Wildman–Crippen LogP) is 10.3. The maximum atomic E-state index is 14.7. The lowest BCUT2D eigenvalue weighted by atomic mass is 9.90. The number of halogens is 15. The topological polar surface area (TPSA) is 59.3 Å². The van der Waals surface area contributed by atoms with Crippen LogP contribution in [-0.2, 0) is 19.8 Å². The van der Waals surface area contributed by atoms with Crippen molar-refractivity contribution in [1.29, 1.82) is 0 Å². The summed E-state index contributed by atoms with van der Waals surface area (Å²) in [5, 5.41) is 0. The molecule has 4 aromatic carbocycles. The van der Waals surface area contributed by atoms with Gasteiger partial charge in [-0.3, -0.25) is 0 Å². The average molecular weight is 811 g/mol. The van der Waals surface area contributed by atoms with Crippen LogP contribution in [0.5, 0.6) is 17.2 Å². The molecule has 0 spiro atoms. The number of rotatable bonds is 12. The highest BCUT2D eigenvalue weighted by molar-refractivity contribution is 5.57. The molecule has 0 saturated heterocycles. The lowest BCUT2D eigenvalue weighted by Gasteiger charge is -2.24. The Bertz CT molecular complexity index is 2240. The van der Waals surface area contributed by atoms with E-state index < -0.39 is 147 Å². The van der Waals surface area contributed by atoms with Crippen LogP contribution in [0.2, 0.25) is 0 Å². The van der Waals surface area contributed by atoms with Crippen molar-refractivity contribution in [2.45, 2.75) is 25.7 Å². The second kappa shape index (κ2) is 15.5. The SMILES string of the molecule is Fc1c(F)c(F)c(COc2cc(OCc3c(F)c(F)c(F)c(F)c3F)c(C(c3ccc[nH]3)c3ccc[nH]3)c(OCc3c(F)c(F)c(F)c(F)c3F)c2)c(F)c1F. The molecule has 2 aromatic heterocycles. The van der Waals surface area contributed by atoms with Crippen LogP contribution in [0.1, 0.15) is 39.6 Å². The van der Waals surface area contributed by atoms with Crippen LogP contribution in [0.25, 0.3) is 0 Å². The molecule has 0 aliphatic heterocycles. The minimum absolute atomic E-state index is 0.185. The van der Waals surface area contributed by atoms with Gasteiger partial charge in [-0.25, -0.2) is 65.9 Å². The highest BCUT2D eigenvalue weighted by atomic mass is 19.2. The Morgan fingerprint density at radius 2 is 0.679 bits per heavy atom. The summed E-state index contributed by atoms with van der Waals surface area (Å²) >= 11 is 0. The molecular weight excluding hydrogens is 793 g/mol. The molecule has 0 radical (unpaired) electrons. The Labute approximate surface area is 302 Å². The summed E-state index contributed by atoms with van der Waals surface area (Å²) < 4.78 is 230. The molecule has 0 bridgehead atoms. The van der Waals surface area contributed by atoms with Gasteiger partial charge in [-0.15, -0.1) is 0 Å². The molecule has 6 aromatic rings. The Balaban J connectivity index is 1.56. The Kier molecular flexibility index (Phi) is 10.9. The molecule has 0 aliphatic rings. The number of benzene rings is 4. The molecule has 56 heavy (non-hydrogen) atoms. The van der Waals surface area contributed by atoms with E-state index in [1.54, 1.807) is 0 Å². The summed E-state index contributed by atoms with van der Waals surface area (Å²) in [6.45, 7) is -4.48. The van der Waals surface area contributed by atoms with Crippen LogP contribution in [0.4, 0.5) is 65.9 Å². The molecule has 6 rings (SSSR count). The Hall–Kier alpha value is -6.21. The zero-order valence-electron chi connectivity index (χ0n) is 27.2. The standard InChI is InChI=1S/C36H17F15N2O3/c37-22-13(23(38)29(44)34(49)28(22)43)9-54-12-7-18(55-10-14-24(39)30(45)35(50)31(46)25(14)40)21(20(16-3-1-5-52-16)17-4-2-6-53-17)19(8-12)56-11-15-26(41)32(47)36(51)33(48)27(15)42/h1-8,20,52-53H,9-11H2. The average Bonchev–Trinajstić information content (AvgIpc) is 3.93. The first-order chi connectivity index (χ1) is 26.5. The van der Waals surface area contributed by atoms with Crippen LogP contribution in [0, 0.1) is 87.3 Å². The van der Waals surface area contributed by atoms with Crippen molar-refractivity contribution in [3.63, 3.8) is 0 Å². The monoisotopic (exact) mass is 810 g/mol.